The van der Waals surface area contributed by atoms with Crippen LogP contribution in [0.2, 0.25) is 0 Å². The van der Waals surface area contributed by atoms with E-state index in [1.165, 1.54) is 10.5 Å². The number of carbonyl (C=O) groups excluding carboxylic acids is 2. The molecule has 0 radical (unpaired) electrons. The molecule has 0 fully saturated rings. The zero-order chi connectivity index (χ0) is 21.5. The Balaban J connectivity index is 1.47. The van der Waals surface area contributed by atoms with Crippen LogP contribution in [0.1, 0.15) is 33.2 Å². The summed E-state index contributed by atoms with van der Waals surface area (Å²) in [5, 5.41) is 9.42. The van der Waals surface area contributed by atoms with Gasteiger partial charge in [-0.2, -0.15) is 4.98 Å². The number of hydrogen-bond acceptors (Lipinski definition) is 5. The molecule has 156 valence electrons. The van der Waals surface area contributed by atoms with Crippen molar-refractivity contribution in [3.63, 3.8) is 0 Å². The molecular weight excluding hydrogens is 382 g/mol. The van der Waals surface area contributed by atoms with Crippen molar-refractivity contribution in [1.29, 1.82) is 0 Å². The zero-order valence-corrected chi connectivity index (χ0v) is 17.3. The first-order chi connectivity index (χ1) is 14.4. The van der Waals surface area contributed by atoms with Gasteiger partial charge in [-0.1, -0.05) is 41.6 Å². The van der Waals surface area contributed by atoms with Crippen molar-refractivity contribution in [2.45, 2.75) is 26.8 Å². The molecule has 0 saturated heterocycles. The van der Waals surface area contributed by atoms with Gasteiger partial charge in [0.25, 0.3) is 0 Å². The minimum atomic E-state index is -0.432. The Bertz CT molecular complexity index is 1020. The van der Waals surface area contributed by atoms with Gasteiger partial charge >= 0.3 is 17.8 Å². The number of rotatable bonds is 7. The number of aryl methyl sites for hydroxylation is 2. The van der Waals surface area contributed by atoms with Gasteiger partial charge in [-0.25, -0.2) is 4.79 Å². The molecule has 3 aromatic rings. The van der Waals surface area contributed by atoms with Crippen molar-refractivity contribution in [3.05, 3.63) is 76.9 Å². The lowest BCUT2D eigenvalue weighted by Gasteiger charge is -2.17. The second-order valence-electron chi connectivity index (χ2n) is 7.08. The maximum Gasteiger partial charge on any atom is 0.321 e. The third-order valence-electron chi connectivity index (χ3n) is 4.73. The Labute approximate surface area is 175 Å². The third-order valence-corrected chi connectivity index (χ3v) is 4.73. The summed E-state index contributed by atoms with van der Waals surface area (Å²) in [5.74, 6) is -0.160. The molecule has 2 aromatic carbocycles. The SMILES string of the molecule is Cc1ccc(NC(=O)N(C)CCc2noc(C(=O)NCc3ccccc3)n2)cc1C. The number of hydrogen-bond donors (Lipinski definition) is 2. The summed E-state index contributed by atoms with van der Waals surface area (Å²) in [5.41, 5.74) is 4.00. The van der Waals surface area contributed by atoms with Gasteiger partial charge in [-0.05, 0) is 42.7 Å². The largest absolute Gasteiger partial charge is 0.344 e. The van der Waals surface area contributed by atoms with Gasteiger partial charge in [0.2, 0.25) is 0 Å². The number of aromatic nitrogens is 2. The highest BCUT2D eigenvalue weighted by molar-refractivity contribution is 5.89. The molecule has 3 rings (SSSR count). The van der Waals surface area contributed by atoms with E-state index in [-0.39, 0.29) is 11.9 Å². The lowest BCUT2D eigenvalue weighted by atomic mass is 10.1. The summed E-state index contributed by atoms with van der Waals surface area (Å²) in [4.78, 5) is 30.1. The van der Waals surface area contributed by atoms with Crippen molar-refractivity contribution < 1.29 is 14.1 Å². The molecule has 2 N–H and O–H groups in total. The second-order valence-corrected chi connectivity index (χ2v) is 7.08. The van der Waals surface area contributed by atoms with Gasteiger partial charge in [-0.3, -0.25) is 4.79 Å². The average Bonchev–Trinajstić information content (AvgIpc) is 3.23. The number of carbonyl (C=O) groups is 2. The number of likely N-dealkylation sites (N-methyl/N-ethyl adjacent to an activating group) is 1. The summed E-state index contributed by atoms with van der Waals surface area (Å²) < 4.78 is 5.04. The normalized spacial score (nSPS) is 10.5. The predicted molar refractivity (Wildman–Crippen MR) is 113 cm³/mol. The van der Waals surface area contributed by atoms with Crippen molar-refractivity contribution in [1.82, 2.24) is 20.4 Å². The first-order valence-electron chi connectivity index (χ1n) is 9.66. The van der Waals surface area contributed by atoms with E-state index in [0.29, 0.717) is 25.3 Å². The van der Waals surface area contributed by atoms with Gasteiger partial charge in [0.15, 0.2) is 5.82 Å². The van der Waals surface area contributed by atoms with Crippen LogP contribution in [0.25, 0.3) is 0 Å². The maximum absolute atomic E-state index is 12.3. The topological polar surface area (TPSA) is 100 Å². The number of nitrogens with one attached hydrogen (secondary N) is 2. The first-order valence-corrected chi connectivity index (χ1v) is 9.66. The number of nitrogens with zero attached hydrogens (tertiary/aromatic N) is 3. The monoisotopic (exact) mass is 407 g/mol. The average molecular weight is 407 g/mol. The molecule has 1 heterocycles. The molecule has 0 bridgehead atoms. The fraction of sp³-hybridized carbons (Fsp3) is 0.273. The summed E-state index contributed by atoms with van der Waals surface area (Å²) in [6.07, 6.45) is 0.367. The minimum absolute atomic E-state index is 0.0943. The Hall–Kier alpha value is -3.68. The molecule has 0 aliphatic heterocycles. The van der Waals surface area contributed by atoms with Crippen LogP contribution in [0.5, 0.6) is 0 Å². The zero-order valence-electron chi connectivity index (χ0n) is 17.3. The van der Waals surface area contributed by atoms with Crippen LogP contribution >= 0.6 is 0 Å². The minimum Gasteiger partial charge on any atom is -0.344 e. The molecule has 30 heavy (non-hydrogen) atoms. The lowest BCUT2D eigenvalue weighted by molar-refractivity contribution is 0.0907. The van der Waals surface area contributed by atoms with Crippen molar-refractivity contribution in [2.75, 3.05) is 18.9 Å². The van der Waals surface area contributed by atoms with Gasteiger partial charge in [0, 0.05) is 32.2 Å². The standard InChI is InChI=1S/C22H25N5O3/c1-15-9-10-18(13-16(15)2)24-22(29)27(3)12-11-19-25-21(30-26-19)20(28)23-14-17-7-5-4-6-8-17/h4-10,13H,11-12,14H2,1-3H3,(H,23,28)(H,24,29). The second kappa shape index (κ2) is 9.69. The van der Waals surface area contributed by atoms with E-state index < -0.39 is 5.91 Å². The van der Waals surface area contributed by atoms with Crippen molar-refractivity contribution >= 4 is 17.6 Å². The van der Waals surface area contributed by atoms with E-state index in [4.69, 9.17) is 4.52 Å². The number of urea groups is 1. The first kappa shape index (κ1) is 21.0. The summed E-state index contributed by atoms with van der Waals surface area (Å²) >= 11 is 0. The molecule has 0 spiro atoms. The number of benzene rings is 2. The van der Waals surface area contributed by atoms with Gasteiger partial charge in [-0.15, -0.1) is 0 Å². The lowest BCUT2D eigenvalue weighted by Crippen LogP contribution is -2.33. The van der Waals surface area contributed by atoms with Crippen LogP contribution in [0.3, 0.4) is 0 Å². The van der Waals surface area contributed by atoms with Gasteiger partial charge in [0.1, 0.15) is 0 Å². The molecular formula is C22H25N5O3. The molecule has 8 nitrogen and oxygen atoms in total. The maximum atomic E-state index is 12.3. The van der Waals surface area contributed by atoms with Crippen LogP contribution < -0.4 is 10.6 Å². The highest BCUT2D eigenvalue weighted by Crippen LogP contribution is 2.14. The molecule has 0 aliphatic rings. The summed E-state index contributed by atoms with van der Waals surface area (Å²) in [6, 6.07) is 15.1. The van der Waals surface area contributed by atoms with E-state index >= 15 is 0 Å². The van der Waals surface area contributed by atoms with Gasteiger partial charge in [0.05, 0.1) is 0 Å². The molecule has 3 amide bonds. The highest BCUT2D eigenvalue weighted by Gasteiger charge is 2.16. The fourth-order valence-electron chi connectivity index (χ4n) is 2.71. The molecule has 0 aliphatic carbocycles. The quantitative estimate of drug-likeness (QED) is 0.626. The van der Waals surface area contributed by atoms with Crippen LogP contribution in [0.15, 0.2) is 53.1 Å². The fourth-order valence-corrected chi connectivity index (χ4v) is 2.71. The van der Waals surface area contributed by atoms with Crippen LogP contribution in [-0.4, -0.2) is 40.6 Å². The molecule has 0 saturated carbocycles. The van der Waals surface area contributed by atoms with E-state index in [1.807, 2.05) is 62.4 Å². The predicted octanol–water partition coefficient (Wildman–Crippen LogP) is 3.32. The Morgan fingerprint density at radius 2 is 1.83 bits per heavy atom. The number of anilines is 1. The van der Waals surface area contributed by atoms with E-state index in [2.05, 4.69) is 20.8 Å². The van der Waals surface area contributed by atoms with Crippen LogP contribution in [0.4, 0.5) is 10.5 Å². The van der Waals surface area contributed by atoms with E-state index in [9.17, 15) is 9.59 Å². The Morgan fingerprint density at radius 3 is 2.57 bits per heavy atom. The molecule has 0 unspecified atom stereocenters. The summed E-state index contributed by atoms with van der Waals surface area (Å²) in [7, 11) is 1.68. The van der Waals surface area contributed by atoms with Crippen molar-refractivity contribution in [3.8, 4) is 0 Å². The molecule has 1 aromatic heterocycles. The summed E-state index contributed by atoms with van der Waals surface area (Å²) in [6.45, 7) is 4.77. The number of amides is 3. The van der Waals surface area contributed by atoms with Crippen LogP contribution in [-0.2, 0) is 13.0 Å². The molecule has 8 heteroatoms. The Kier molecular flexibility index (Phi) is 6.79. The Morgan fingerprint density at radius 1 is 1.07 bits per heavy atom. The molecule has 0 atom stereocenters. The third kappa shape index (κ3) is 5.66. The van der Waals surface area contributed by atoms with Crippen LogP contribution in [0, 0.1) is 13.8 Å². The van der Waals surface area contributed by atoms with Crippen molar-refractivity contribution in [2.24, 2.45) is 0 Å². The highest BCUT2D eigenvalue weighted by atomic mass is 16.5. The van der Waals surface area contributed by atoms with E-state index in [1.54, 1.807) is 7.05 Å². The van der Waals surface area contributed by atoms with E-state index in [0.717, 1.165) is 16.8 Å². The van der Waals surface area contributed by atoms with Gasteiger partial charge < -0.3 is 20.1 Å². The smallest absolute Gasteiger partial charge is 0.321 e.